The summed E-state index contributed by atoms with van der Waals surface area (Å²) in [6.07, 6.45) is 4.88. The molecule has 3 rings (SSSR count). The molecule has 1 N–H and O–H groups in total. The average Bonchev–Trinajstić information content (AvgIpc) is 2.36. The van der Waals surface area contributed by atoms with Crippen LogP contribution in [-0.2, 0) is 6.42 Å². The molecule has 0 spiro atoms. The van der Waals surface area contributed by atoms with E-state index in [0.29, 0.717) is 5.92 Å². The van der Waals surface area contributed by atoms with Gasteiger partial charge in [-0.2, -0.15) is 0 Å². The van der Waals surface area contributed by atoms with E-state index in [1.807, 2.05) is 6.07 Å². The monoisotopic (exact) mass is 303 g/mol. The maximum absolute atomic E-state index is 10.2. The molecule has 1 aromatic heterocycles. The van der Waals surface area contributed by atoms with Gasteiger partial charge >= 0.3 is 0 Å². The van der Waals surface area contributed by atoms with Crippen LogP contribution >= 0.6 is 15.9 Å². The van der Waals surface area contributed by atoms with Crippen LogP contribution in [0, 0.1) is 0 Å². The van der Waals surface area contributed by atoms with E-state index in [4.69, 9.17) is 0 Å². The van der Waals surface area contributed by atoms with Crippen molar-refractivity contribution in [3.63, 3.8) is 0 Å². The third-order valence-electron chi connectivity index (χ3n) is 3.58. The first-order valence-electron chi connectivity index (χ1n) is 6.10. The Balaban J connectivity index is 1.72. The summed E-state index contributed by atoms with van der Waals surface area (Å²) in [6, 6.07) is 10.4. The van der Waals surface area contributed by atoms with Crippen molar-refractivity contribution >= 4 is 15.9 Å². The fourth-order valence-corrected chi connectivity index (χ4v) is 2.97. The molecule has 0 radical (unpaired) electrons. The number of nitrogens with zero attached hydrogens (tertiary/aromatic N) is 1. The lowest BCUT2D eigenvalue weighted by atomic mass is 9.74. The molecule has 0 fully saturated rings. The summed E-state index contributed by atoms with van der Waals surface area (Å²) >= 11 is 3.38. The van der Waals surface area contributed by atoms with E-state index in [9.17, 15) is 5.11 Å². The minimum Gasteiger partial charge on any atom is -0.388 e. The van der Waals surface area contributed by atoms with Crippen molar-refractivity contribution in [2.24, 2.45) is 0 Å². The van der Waals surface area contributed by atoms with Crippen LogP contribution < -0.4 is 0 Å². The molecule has 2 atom stereocenters. The predicted molar refractivity (Wildman–Crippen MR) is 74.4 cm³/mol. The normalized spacial score (nSPS) is 18.9. The van der Waals surface area contributed by atoms with Gasteiger partial charge in [0.25, 0.3) is 0 Å². The van der Waals surface area contributed by atoms with Crippen molar-refractivity contribution in [1.29, 1.82) is 0 Å². The second kappa shape index (κ2) is 4.82. The smallest absolute Gasteiger partial charge is 0.0811 e. The number of hydrogen-bond acceptors (Lipinski definition) is 2. The molecule has 0 aliphatic heterocycles. The van der Waals surface area contributed by atoms with Crippen LogP contribution in [0.3, 0.4) is 0 Å². The van der Waals surface area contributed by atoms with Crippen molar-refractivity contribution in [2.75, 3.05) is 0 Å². The third kappa shape index (κ3) is 2.20. The Morgan fingerprint density at radius 2 is 2.17 bits per heavy atom. The van der Waals surface area contributed by atoms with Gasteiger partial charge in [0.2, 0.25) is 0 Å². The summed E-state index contributed by atoms with van der Waals surface area (Å²) in [5, 5.41) is 10.2. The Morgan fingerprint density at radius 1 is 1.33 bits per heavy atom. The lowest BCUT2D eigenvalue weighted by molar-refractivity contribution is 0.153. The number of fused-ring (bicyclic) bond motifs is 1. The van der Waals surface area contributed by atoms with E-state index in [1.54, 1.807) is 12.4 Å². The third-order valence-corrected chi connectivity index (χ3v) is 4.01. The number of benzene rings is 1. The standard InChI is InChI=1S/C15H14BrNO/c16-13-6-12(8-17-9-13)15(18)7-11-5-10-3-1-2-4-14(10)11/h1-4,6,8-9,11,15,18H,5,7H2. The summed E-state index contributed by atoms with van der Waals surface area (Å²) in [4.78, 5) is 4.09. The molecular weight excluding hydrogens is 290 g/mol. The summed E-state index contributed by atoms with van der Waals surface area (Å²) in [7, 11) is 0. The fraction of sp³-hybridized carbons (Fsp3) is 0.267. The van der Waals surface area contributed by atoms with Crippen molar-refractivity contribution in [2.45, 2.75) is 24.9 Å². The minimum absolute atomic E-state index is 0.437. The zero-order valence-corrected chi connectivity index (χ0v) is 11.5. The van der Waals surface area contributed by atoms with Crippen LogP contribution in [0.4, 0.5) is 0 Å². The first-order valence-corrected chi connectivity index (χ1v) is 6.89. The molecular formula is C15H14BrNO. The number of aromatic nitrogens is 1. The summed E-state index contributed by atoms with van der Waals surface area (Å²) < 4.78 is 0.910. The fourth-order valence-electron chi connectivity index (χ4n) is 2.59. The van der Waals surface area contributed by atoms with Gasteiger partial charge in [0.1, 0.15) is 0 Å². The molecule has 1 aromatic carbocycles. The van der Waals surface area contributed by atoms with Gasteiger partial charge in [0, 0.05) is 16.9 Å². The molecule has 2 unspecified atom stereocenters. The van der Waals surface area contributed by atoms with E-state index in [0.717, 1.165) is 22.9 Å². The van der Waals surface area contributed by atoms with Crippen LogP contribution in [0.1, 0.15) is 35.1 Å². The molecule has 0 amide bonds. The van der Waals surface area contributed by atoms with Gasteiger partial charge in [-0.25, -0.2) is 0 Å². The highest BCUT2D eigenvalue weighted by molar-refractivity contribution is 9.10. The van der Waals surface area contributed by atoms with Crippen molar-refractivity contribution < 1.29 is 5.11 Å². The molecule has 92 valence electrons. The van der Waals surface area contributed by atoms with E-state index >= 15 is 0 Å². The molecule has 2 nitrogen and oxygen atoms in total. The predicted octanol–water partition coefficient (Wildman–Crippen LogP) is 3.61. The number of rotatable bonds is 3. The van der Waals surface area contributed by atoms with Crippen LogP contribution in [0.15, 0.2) is 47.2 Å². The summed E-state index contributed by atoms with van der Waals surface area (Å²) in [5.41, 5.74) is 3.69. The summed E-state index contributed by atoms with van der Waals surface area (Å²) in [5.74, 6) is 0.482. The molecule has 3 heteroatoms. The SMILES string of the molecule is OC(CC1Cc2ccccc21)c1cncc(Br)c1. The molecule has 0 bridgehead atoms. The number of halogens is 1. The molecule has 1 aliphatic carbocycles. The largest absolute Gasteiger partial charge is 0.388 e. The molecule has 1 aliphatic rings. The average molecular weight is 304 g/mol. The van der Waals surface area contributed by atoms with Gasteiger partial charge in [-0.15, -0.1) is 0 Å². The molecule has 0 saturated carbocycles. The Kier molecular flexibility index (Phi) is 3.18. The number of aliphatic hydroxyl groups excluding tert-OH is 1. The minimum atomic E-state index is -0.437. The lowest BCUT2D eigenvalue weighted by Gasteiger charge is -2.31. The van der Waals surface area contributed by atoms with Gasteiger partial charge < -0.3 is 5.11 Å². The Morgan fingerprint density at radius 3 is 2.94 bits per heavy atom. The Labute approximate surface area is 115 Å². The maximum Gasteiger partial charge on any atom is 0.0811 e. The van der Waals surface area contributed by atoms with Gasteiger partial charge in [0.05, 0.1) is 6.10 Å². The van der Waals surface area contributed by atoms with Gasteiger partial charge in [-0.1, -0.05) is 24.3 Å². The number of aliphatic hydroxyl groups is 1. The van der Waals surface area contributed by atoms with Crippen LogP contribution in [0.25, 0.3) is 0 Å². The van der Waals surface area contributed by atoms with Gasteiger partial charge in [-0.05, 0) is 57.4 Å². The Hall–Kier alpha value is -1.19. The van der Waals surface area contributed by atoms with Crippen LogP contribution in [0.5, 0.6) is 0 Å². The van der Waals surface area contributed by atoms with Crippen molar-refractivity contribution in [1.82, 2.24) is 4.98 Å². The highest BCUT2D eigenvalue weighted by Gasteiger charge is 2.27. The van der Waals surface area contributed by atoms with Crippen LogP contribution in [-0.4, -0.2) is 10.1 Å². The highest BCUT2D eigenvalue weighted by atomic mass is 79.9. The van der Waals surface area contributed by atoms with Crippen molar-refractivity contribution in [3.8, 4) is 0 Å². The number of hydrogen-bond donors (Lipinski definition) is 1. The molecule has 2 aromatic rings. The second-order valence-corrected chi connectivity index (χ2v) is 5.70. The van der Waals surface area contributed by atoms with Crippen molar-refractivity contribution in [3.05, 3.63) is 63.9 Å². The first-order chi connectivity index (χ1) is 8.74. The Bertz CT molecular complexity index is 570. The van der Waals surface area contributed by atoms with E-state index in [-0.39, 0.29) is 0 Å². The first kappa shape index (κ1) is 11.9. The molecule has 1 heterocycles. The van der Waals surface area contributed by atoms with E-state index in [1.165, 1.54) is 11.1 Å². The topological polar surface area (TPSA) is 33.1 Å². The molecule has 18 heavy (non-hydrogen) atoms. The highest BCUT2D eigenvalue weighted by Crippen LogP contribution is 2.40. The number of pyridine rings is 1. The summed E-state index contributed by atoms with van der Waals surface area (Å²) in [6.45, 7) is 0. The van der Waals surface area contributed by atoms with Crippen LogP contribution in [0.2, 0.25) is 0 Å². The van der Waals surface area contributed by atoms with E-state index < -0.39 is 6.10 Å². The second-order valence-electron chi connectivity index (χ2n) is 4.79. The van der Waals surface area contributed by atoms with Gasteiger partial charge in [-0.3, -0.25) is 4.98 Å². The lowest BCUT2D eigenvalue weighted by Crippen LogP contribution is -2.19. The zero-order valence-electron chi connectivity index (χ0n) is 9.88. The molecule has 0 saturated heterocycles. The van der Waals surface area contributed by atoms with Gasteiger partial charge in [0.15, 0.2) is 0 Å². The maximum atomic E-state index is 10.2. The van der Waals surface area contributed by atoms with E-state index in [2.05, 4.69) is 45.2 Å². The quantitative estimate of drug-likeness (QED) is 0.939. The zero-order chi connectivity index (χ0) is 12.5.